The first-order chi connectivity index (χ1) is 29.3. The van der Waals surface area contributed by atoms with E-state index in [1.165, 1.54) is 6.20 Å². The van der Waals surface area contributed by atoms with Gasteiger partial charge in [-0.25, -0.2) is 0 Å². The second-order valence-corrected chi connectivity index (χ2v) is 14.1. The zero-order valence-corrected chi connectivity index (χ0v) is 35.3. The second kappa shape index (κ2) is 20.4. The van der Waals surface area contributed by atoms with Crippen molar-refractivity contribution in [2.45, 2.75) is 6.61 Å². The highest BCUT2D eigenvalue weighted by molar-refractivity contribution is 9.10. The highest BCUT2D eigenvalue weighted by atomic mass is 79.9. The van der Waals surface area contributed by atoms with Crippen LogP contribution in [0, 0.1) is 22.7 Å². The van der Waals surface area contributed by atoms with E-state index in [4.69, 9.17) is 35.3 Å². The third-order valence-corrected chi connectivity index (χ3v) is 9.86. The van der Waals surface area contributed by atoms with Gasteiger partial charge in [0.25, 0.3) is 0 Å². The number of pyridine rings is 2. The lowest BCUT2D eigenvalue weighted by Gasteiger charge is -2.16. The van der Waals surface area contributed by atoms with Crippen LogP contribution in [0.1, 0.15) is 16.7 Å². The Morgan fingerprint density at radius 3 is 1.60 bits per heavy atom. The summed E-state index contributed by atoms with van der Waals surface area (Å²) in [4.78, 5) is 8.45. The number of rotatable bonds is 13. The summed E-state index contributed by atoms with van der Waals surface area (Å²) < 4.78 is 28.4. The molecule has 0 saturated carbocycles. The minimum Gasteiger partial charge on any atom is -0.493 e. The molecule has 11 nitrogen and oxygen atoms in total. The Hall–Kier alpha value is -7.25. The molecule has 0 atom stereocenters. The van der Waals surface area contributed by atoms with Crippen molar-refractivity contribution in [1.82, 2.24) is 9.97 Å². The van der Waals surface area contributed by atoms with E-state index in [2.05, 4.69) is 48.7 Å². The molecule has 13 heteroatoms. The molecule has 2 N–H and O–H groups in total. The Balaban J connectivity index is 0.000000209. The van der Waals surface area contributed by atoms with Gasteiger partial charge in [-0.2, -0.15) is 10.5 Å². The third-order valence-electron chi connectivity index (χ3n) is 9.05. The van der Waals surface area contributed by atoms with Crippen molar-refractivity contribution in [2.75, 3.05) is 39.1 Å². The van der Waals surface area contributed by atoms with Gasteiger partial charge in [0.2, 0.25) is 0 Å². The van der Waals surface area contributed by atoms with E-state index < -0.39 is 0 Å². The number of ether oxygens (including phenoxy) is 5. The summed E-state index contributed by atoms with van der Waals surface area (Å²) >= 11 is 9.83. The minimum absolute atomic E-state index is 0.389. The molecule has 2 heterocycles. The Morgan fingerprint density at radius 2 is 1.10 bits per heavy atom. The summed E-state index contributed by atoms with van der Waals surface area (Å²) in [6.45, 7) is 0.389. The van der Waals surface area contributed by atoms with Gasteiger partial charge >= 0.3 is 0 Å². The number of hydrogen-bond acceptors (Lipinski definition) is 11. The number of aromatic nitrogens is 2. The first-order valence-corrected chi connectivity index (χ1v) is 19.4. The summed E-state index contributed by atoms with van der Waals surface area (Å²) in [6, 6.07) is 38.6. The topological polar surface area (TPSA) is 144 Å². The molecule has 5 aromatic carbocycles. The van der Waals surface area contributed by atoms with E-state index in [-0.39, 0.29) is 0 Å². The summed E-state index contributed by atoms with van der Waals surface area (Å²) in [5.41, 5.74) is 7.99. The largest absolute Gasteiger partial charge is 0.493 e. The van der Waals surface area contributed by atoms with Crippen molar-refractivity contribution in [3.05, 3.63) is 160 Å². The summed E-state index contributed by atoms with van der Waals surface area (Å²) in [6.07, 6.45) is 6.50. The Morgan fingerprint density at radius 1 is 0.567 bits per heavy atom. The van der Waals surface area contributed by atoms with Crippen LogP contribution in [0.4, 0.5) is 22.7 Å². The van der Waals surface area contributed by atoms with E-state index in [0.717, 1.165) is 43.7 Å². The van der Waals surface area contributed by atoms with Crippen molar-refractivity contribution >= 4 is 50.3 Å². The fraction of sp³-hybridized carbons (Fsp3) is 0.106. The average molecular weight is 882 g/mol. The summed E-state index contributed by atoms with van der Waals surface area (Å²) in [5, 5.41) is 26.4. The monoisotopic (exact) mass is 880 g/mol. The van der Waals surface area contributed by atoms with Gasteiger partial charge in [0.1, 0.15) is 24.5 Å². The quantitative estimate of drug-likeness (QED) is 0.114. The van der Waals surface area contributed by atoms with Gasteiger partial charge in [0.05, 0.1) is 56.0 Å². The van der Waals surface area contributed by atoms with Gasteiger partial charge in [-0.05, 0) is 71.3 Å². The Bertz CT molecular complexity index is 2690. The number of methoxy groups -OCH3 is 4. The van der Waals surface area contributed by atoms with Gasteiger partial charge in [-0.1, -0.05) is 76.1 Å². The van der Waals surface area contributed by atoms with E-state index >= 15 is 0 Å². The van der Waals surface area contributed by atoms with Crippen molar-refractivity contribution in [3.63, 3.8) is 0 Å². The summed E-state index contributed by atoms with van der Waals surface area (Å²) in [5.74, 6) is 2.98. The molecule has 0 radical (unpaired) electrons. The van der Waals surface area contributed by atoms with Crippen LogP contribution in [-0.2, 0) is 6.61 Å². The molecular weight excluding hydrogens is 844 g/mol. The van der Waals surface area contributed by atoms with Crippen molar-refractivity contribution in [1.29, 1.82) is 10.5 Å². The van der Waals surface area contributed by atoms with Crippen LogP contribution in [0.15, 0.2) is 138 Å². The molecule has 0 spiro atoms. The van der Waals surface area contributed by atoms with Gasteiger partial charge in [0, 0.05) is 57.8 Å². The number of nitrogens with one attached hydrogen (secondary N) is 2. The lowest BCUT2D eigenvalue weighted by atomic mass is 10.0. The van der Waals surface area contributed by atoms with Crippen LogP contribution >= 0.6 is 27.5 Å². The standard InChI is InChI=1S/C27H22ClN3O3.C20H16BrN3O2/c1-32-24-11-8-19(12-26(24)33-2)22-16-30-15-20(14-29)27(22)31-21-9-10-23(28)25(13-21)34-17-18-6-4-3-5-7-18;1-25-18-7-6-13(8-19(18)26-2)17-12-23-11-14(10-22)20(17)24-16-5-3-4-15(21)9-16/h3-13,15-16H,17H2,1-2H3,(H,30,31);3-9,11-12H,1-2H3,(H,23,24). The van der Waals surface area contributed by atoms with Crippen LogP contribution in [0.2, 0.25) is 5.02 Å². The SMILES string of the molecule is COc1ccc(-c2cncc(C#N)c2Nc2ccc(Cl)c(OCc3ccccc3)c2)cc1OC.COc1ccc(-c2cncc(C#N)c2Nc2cccc(Br)c2)cc1OC. The molecule has 0 unspecified atom stereocenters. The van der Waals surface area contributed by atoms with E-state index in [1.54, 1.807) is 53.1 Å². The molecule has 0 aliphatic carbocycles. The van der Waals surface area contributed by atoms with Crippen molar-refractivity contribution in [2.24, 2.45) is 0 Å². The lowest BCUT2D eigenvalue weighted by Crippen LogP contribution is -2.00. The second-order valence-electron chi connectivity index (χ2n) is 12.8. The average Bonchev–Trinajstić information content (AvgIpc) is 3.29. The molecule has 0 fully saturated rings. The number of anilines is 4. The fourth-order valence-corrected chi connectivity index (χ4v) is 6.66. The number of halogens is 2. The molecule has 0 saturated heterocycles. The molecule has 7 aromatic rings. The van der Waals surface area contributed by atoms with Crippen molar-refractivity contribution < 1.29 is 23.7 Å². The number of benzene rings is 5. The predicted octanol–water partition coefficient (Wildman–Crippen LogP) is 11.8. The zero-order valence-electron chi connectivity index (χ0n) is 33.0. The maximum absolute atomic E-state index is 9.74. The van der Waals surface area contributed by atoms with Gasteiger partial charge in [-0.15, -0.1) is 0 Å². The first kappa shape index (κ1) is 42.4. The Labute approximate surface area is 361 Å². The minimum atomic E-state index is 0.389. The van der Waals surface area contributed by atoms with E-state index in [1.807, 2.05) is 103 Å². The molecule has 2 aromatic heterocycles. The molecule has 7 rings (SSSR count). The number of hydrogen-bond donors (Lipinski definition) is 2. The van der Waals surface area contributed by atoms with Crippen molar-refractivity contribution in [3.8, 4) is 63.1 Å². The zero-order chi connectivity index (χ0) is 42.4. The maximum atomic E-state index is 9.74. The van der Waals surface area contributed by atoms with Crippen LogP contribution in [0.5, 0.6) is 28.7 Å². The third kappa shape index (κ3) is 10.2. The van der Waals surface area contributed by atoms with Crippen LogP contribution < -0.4 is 34.3 Å². The van der Waals surface area contributed by atoms with E-state index in [0.29, 0.717) is 62.9 Å². The van der Waals surface area contributed by atoms with Crippen LogP contribution in [-0.4, -0.2) is 38.4 Å². The first-order valence-electron chi connectivity index (χ1n) is 18.3. The maximum Gasteiger partial charge on any atom is 0.161 e. The number of nitriles is 2. The predicted molar refractivity (Wildman–Crippen MR) is 238 cm³/mol. The lowest BCUT2D eigenvalue weighted by molar-refractivity contribution is 0.306. The molecule has 60 heavy (non-hydrogen) atoms. The molecule has 0 amide bonds. The molecule has 0 bridgehead atoms. The molecule has 300 valence electrons. The van der Waals surface area contributed by atoms with Gasteiger partial charge < -0.3 is 34.3 Å². The fourth-order valence-electron chi connectivity index (χ4n) is 6.09. The molecule has 0 aliphatic rings. The molecular formula is C47H38BrClN6O5. The summed E-state index contributed by atoms with van der Waals surface area (Å²) in [7, 11) is 6.34. The molecule has 0 aliphatic heterocycles. The highest BCUT2D eigenvalue weighted by Gasteiger charge is 2.17. The van der Waals surface area contributed by atoms with Crippen LogP contribution in [0.25, 0.3) is 22.3 Å². The Kier molecular flexibility index (Phi) is 14.4. The van der Waals surface area contributed by atoms with E-state index in [9.17, 15) is 10.5 Å². The number of nitrogens with zero attached hydrogens (tertiary/aromatic N) is 4. The van der Waals surface area contributed by atoms with Gasteiger partial charge in [0.15, 0.2) is 23.0 Å². The van der Waals surface area contributed by atoms with Crippen LogP contribution in [0.3, 0.4) is 0 Å². The smallest absolute Gasteiger partial charge is 0.161 e. The normalized spacial score (nSPS) is 10.2. The highest BCUT2D eigenvalue weighted by Crippen LogP contribution is 2.40. The van der Waals surface area contributed by atoms with Gasteiger partial charge in [-0.3, -0.25) is 9.97 Å².